The van der Waals surface area contributed by atoms with Gasteiger partial charge in [-0.3, -0.25) is 14.9 Å². The van der Waals surface area contributed by atoms with E-state index in [1.807, 2.05) is 0 Å². The molecule has 1 heterocycles. The lowest BCUT2D eigenvalue weighted by Crippen LogP contribution is -2.36. The fraction of sp³-hybridized carbons (Fsp3) is 0.227. The average molecular weight is 524 g/mol. The number of rotatable bonds is 9. The van der Waals surface area contributed by atoms with Crippen molar-refractivity contribution in [2.75, 3.05) is 25.8 Å². The van der Waals surface area contributed by atoms with Crippen LogP contribution in [-0.2, 0) is 27.8 Å². The fourth-order valence-corrected chi connectivity index (χ4v) is 4.81. The molecule has 1 aromatic heterocycles. The molecule has 12 heteroatoms. The van der Waals surface area contributed by atoms with Crippen LogP contribution >= 0.6 is 22.9 Å². The van der Waals surface area contributed by atoms with Crippen molar-refractivity contribution < 1.29 is 27.5 Å². The van der Waals surface area contributed by atoms with Crippen molar-refractivity contribution in [1.29, 1.82) is 0 Å². The first-order chi connectivity index (χ1) is 16.1. The van der Waals surface area contributed by atoms with E-state index in [1.54, 1.807) is 41.8 Å². The molecule has 0 spiro atoms. The molecule has 1 N–H and O–H groups in total. The van der Waals surface area contributed by atoms with E-state index in [0.29, 0.717) is 33.3 Å². The summed E-state index contributed by atoms with van der Waals surface area (Å²) in [5.41, 5.74) is 1.15. The maximum absolute atomic E-state index is 12.9. The molecule has 3 aromatic rings. The number of nitrogens with one attached hydrogen (secondary N) is 1. The van der Waals surface area contributed by atoms with E-state index in [4.69, 9.17) is 21.1 Å². The highest BCUT2D eigenvalue weighted by atomic mass is 35.5. The van der Waals surface area contributed by atoms with E-state index in [-0.39, 0.29) is 18.1 Å². The Morgan fingerprint density at radius 3 is 2.53 bits per heavy atom. The van der Waals surface area contributed by atoms with E-state index in [9.17, 15) is 18.0 Å². The van der Waals surface area contributed by atoms with Crippen LogP contribution in [0.2, 0.25) is 5.02 Å². The smallest absolute Gasteiger partial charge is 0.257 e. The van der Waals surface area contributed by atoms with E-state index in [0.717, 1.165) is 21.9 Å². The van der Waals surface area contributed by atoms with Crippen LogP contribution < -0.4 is 14.8 Å². The van der Waals surface area contributed by atoms with Crippen LogP contribution in [0.5, 0.6) is 11.5 Å². The highest BCUT2D eigenvalue weighted by Gasteiger charge is 2.26. The minimum atomic E-state index is -3.90. The molecule has 0 aliphatic heterocycles. The molecular weight excluding hydrogens is 502 g/mol. The van der Waals surface area contributed by atoms with Crippen molar-refractivity contribution in [2.45, 2.75) is 13.0 Å². The van der Waals surface area contributed by atoms with Gasteiger partial charge >= 0.3 is 0 Å². The first-order valence-corrected chi connectivity index (χ1v) is 12.9. The van der Waals surface area contributed by atoms with Crippen LogP contribution in [0.15, 0.2) is 47.8 Å². The van der Waals surface area contributed by atoms with Crippen molar-refractivity contribution in [2.24, 2.45) is 0 Å². The number of halogens is 1. The van der Waals surface area contributed by atoms with Gasteiger partial charge in [-0.1, -0.05) is 29.8 Å². The Bertz CT molecular complexity index is 1310. The molecule has 2 aromatic carbocycles. The van der Waals surface area contributed by atoms with Crippen LogP contribution in [0.25, 0.3) is 0 Å². The van der Waals surface area contributed by atoms with Crippen molar-refractivity contribution in [3.8, 4) is 11.5 Å². The third-order valence-electron chi connectivity index (χ3n) is 4.67. The van der Waals surface area contributed by atoms with Gasteiger partial charge in [0, 0.05) is 21.5 Å². The minimum absolute atomic E-state index is 0.236. The van der Waals surface area contributed by atoms with E-state index < -0.39 is 21.8 Å². The SMILES string of the molecule is COc1cccc(CN(C(=O)Cc2csc(NC(=O)c3cccc(Cl)c3)n2)S(C)(=O)=O)c1OC. The second kappa shape index (κ2) is 10.9. The van der Waals surface area contributed by atoms with E-state index in [2.05, 4.69) is 10.3 Å². The van der Waals surface area contributed by atoms with E-state index in [1.165, 1.54) is 20.3 Å². The van der Waals surface area contributed by atoms with Crippen molar-refractivity contribution in [1.82, 2.24) is 9.29 Å². The van der Waals surface area contributed by atoms with Crippen molar-refractivity contribution in [3.05, 3.63) is 69.7 Å². The molecule has 9 nitrogen and oxygen atoms in total. The zero-order valence-electron chi connectivity index (χ0n) is 18.6. The molecule has 180 valence electrons. The molecule has 0 aliphatic rings. The zero-order chi connectivity index (χ0) is 24.9. The van der Waals surface area contributed by atoms with E-state index >= 15 is 0 Å². The molecule has 3 rings (SSSR count). The summed E-state index contributed by atoms with van der Waals surface area (Å²) in [6.45, 7) is -0.236. The van der Waals surface area contributed by atoms with Crippen LogP contribution in [-0.4, -0.2) is 50.0 Å². The van der Waals surface area contributed by atoms with Gasteiger partial charge in [0.15, 0.2) is 16.6 Å². The second-order valence-electron chi connectivity index (χ2n) is 7.10. The fourth-order valence-electron chi connectivity index (χ4n) is 3.11. The number of sulfonamides is 1. The summed E-state index contributed by atoms with van der Waals surface area (Å²) in [6.07, 6.45) is 0.679. The summed E-state index contributed by atoms with van der Waals surface area (Å²) in [4.78, 5) is 29.6. The Kier molecular flexibility index (Phi) is 8.13. The summed E-state index contributed by atoms with van der Waals surface area (Å²) in [6, 6.07) is 11.4. The molecule has 0 fully saturated rings. The number of carbonyl (C=O) groups is 2. The van der Waals surface area contributed by atoms with Gasteiger partial charge in [-0.05, 0) is 24.3 Å². The second-order valence-corrected chi connectivity index (χ2v) is 10.3. The number of hydrogen-bond acceptors (Lipinski definition) is 8. The molecule has 0 bridgehead atoms. The van der Waals surface area contributed by atoms with Gasteiger partial charge in [-0.2, -0.15) is 0 Å². The molecule has 0 aliphatic carbocycles. The molecular formula is C22H22ClN3O6S2. The molecule has 0 atom stereocenters. The zero-order valence-corrected chi connectivity index (χ0v) is 21.0. The number of benzene rings is 2. The topological polar surface area (TPSA) is 115 Å². The number of ether oxygens (including phenoxy) is 2. The summed E-state index contributed by atoms with van der Waals surface area (Å²) < 4.78 is 36.2. The lowest BCUT2D eigenvalue weighted by atomic mass is 10.1. The van der Waals surface area contributed by atoms with Gasteiger partial charge in [0.25, 0.3) is 5.91 Å². The number of carbonyl (C=O) groups excluding carboxylic acids is 2. The molecule has 0 unspecified atom stereocenters. The van der Waals surface area contributed by atoms with Crippen LogP contribution in [0.1, 0.15) is 21.6 Å². The summed E-state index contributed by atoms with van der Waals surface area (Å²) in [5.74, 6) is -0.324. The summed E-state index contributed by atoms with van der Waals surface area (Å²) in [7, 11) is -1.00. The summed E-state index contributed by atoms with van der Waals surface area (Å²) >= 11 is 7.03. The lowest BCUT2D eigenvalue weighted by Gasteiger charge is -2.22. The maximum Gasteiger partial charge on any atom is 0.257 e. The lowest BCUT2D eigenvalue weighted by molar-refractivity contribution is -0.126. The number of amides is 2. The average Bonchev–Trinajstić information content (AvgIpc) is 3.22. The Balaban J connectivity index is 1.75. The number of nitrogens with zero attached hydrogens (tertiary/aromatic N) is 2. The third-order valence-corrected chi connectivity index (χ3v) is 6.84. The van der Waals surface area contributed by atoms with Gasteiger partial charge in [0.05, 0.1) is 39.1 Å². The van der Waals surface area contributed by atoms with Crippen molar-refractivity contribution in [3.63, 3.8) is 0 Å². The number of thiazole rings is 1. The standard InChI is InChI=1S/C22H22ClN3O6S2/c1-31-18-9-5-7-15(20(18)32-2)12-26(34(3,29)30)19(27)11-17-13-33-22(24-17)25-21(28)14-6-4-8-16(23)10-14/h4-10,13H,11-12H2,1-3H3,(H,24,25,28). The molecule has 34 heavy (non-hydrogen) atoms. The number of hydrogen-bond donors (Lipinski definition) is 1. The van der Waals surface area contributed by atoms with Gasteiger partial charge < -0.3 is 9.47 Å². The van der Waals surface area contributed by atoms with Crippen LogP contribution in [0.3, 0.4) is 0 Å². The maximum atomic E-state index is 12.9. The Labute approximate surface area is 206 Å². The van der Waals surface area contributed by atoms with Crippen LogP contribution in [0.4, 0.5) is 5.13 Å². The monoisotopic (exact) mass is 523 g/mol. The highest BCUT2D eigenvalue weighted by Crippen LogP contribution is 2.32. The highest BCUT2D eigenvalue weighted by molar-refractivity contribution is 7.88. The van der Waals surface area contributed by atoms with Gasteiger partial charge in [0.2, 0.25) is 15.9 Å². The predicted octanol–water partition coefficient (Wildman–Crippen LogP) is 3.60. The van der Waals surface area contributed by atoms with Gasteiger partial charge in [-0.25, -0.2) is 17.7 Å². The van der Waals surface area contributed by atoms with Gasteiger partial charge in [-0.15, -0.1) is 11.3 Å². The minimum Gasteiger partial charge on any atom is -0.493 e. The first kappa shape index (κ1) is 25.5. The van der Waals surface area contributed by atoms with Gasteiger partial charge in [0.1, 0.15) is 0 Å². The quantitative estimate of drug-likeness (QED) is 0.455. The Hall–Kier alpha value is -3.15. The molecule has 2 amide bonds. The largest absolute Gasteiger partial charge is 0.493 e. The number of methoxy groups -OCH3 is 2. The Morgan fingerprint density at radius 1 is 1.15 bits per heavy atom. The molecule has 0 saturated heterocycles. The normalized spacial score (nSPS) is 11.1. The Morgan fingerprint density at radius 2 is 1.88 bits per heavy atom. The van der Waals surface area contributed by atoms with Crippen LogP contribution in [0, 0.1) is 0 Å². The molecule has 0 radical (unpaired) electrons. The predicted molar refractivity (Wildman–Crippen MR) is 130 cm³/mol. The summed E-state index contributed by atoms with van der Waals surface area (Å²) in [5, 5.41) is 4.92. The number of para-hydroxylation sites is 1. The molecule has 0 saturated carbocycles. The van der Waals surface area contributed by atoms with Crippen molar-refractivity contribution >= 4 is 49.9 Å². The number of aromatic nitrogens is 1. The number of anilines is 1. The third kappa shape index (κ3) is 6.25. The first-order valence-electron chi connectivity index (χ1n) is 9.84.